The normalized spacial score (nSPS) is 10.8. The van der Waals surface area contributed by atoms with Gasteiger partial charge in [0.2, 0.25) is 0 Å². The van der Waals surface area contributed by atoms with Crippen molar-refractivity contribution >= 4 is 17.4 Å². The second-order valence-electron chi connectivity index (χ2n) is 4.65. The molecular weight excluding hydrogens is 298 g/mol. The fourth-order valence-corrected chi connectivity index (χ4v) is 2.20. The lowest BCUT2D eigenvalue weighted by atomic mass is 9.99. The summed E-state index contributed by atoms with van der Waals surface area (Å²) in [6, 6.07) is 8.99. The Morgan fingerprint density at radius 2 is 1.67 bits per heavy atom. The van der Waals surface area contributed by atoms with Crippen molar-refractivity contribution in [1.29, 1.82) is 0 Å². The zero-order valence-corrected chi connectivity index (χ0v) is 12.2. The second kappa shape index (κ2) is 6.22. The van der Waals surface area contributed by atoms with Gasteiger partial charge in [-0.05, 0) is 61.4 Å². The Bertz CT molecular complexity index is 667. The Balaban J connectivity index is 2.30. The van der Waals surface area contributed by atoms with Crippen LogP contribution in [0.25, 0.3) is 0 Å². The summed E-state index contributed by atoms with van der Waals surface area (Å²) in [4.78, 5) is 12.4. The first-order chi connectivity index (χ1) is 9.88. The van der Waals surface area contributed by atoms with Gasteiger partial charge >= 0.3 is 6.61 Å². The number of rotatable bonds is 4. The highest BCUT2D eigenvalue weighted by atomic mass is 35.5. The summed E-state index contributed by atoms with van der Waals surface area (Å²) in [5.74, 6) is -0.251. The molecule has 0 bridgehead atoms. The first kappa shape index (κ1) is 15.4. The van der Waals surface area contributed by atoms with Crippen LogP contribution in [0.3, 0.4) is 0 Å². The molecule has 2 aromatic rings. The number of halogens is 3. The smallest absolute Gasteiger partial charge is 0.387 e. The molecule has 0 aliphatic heterocycles. The molecule has 21 heavy (non-hydrogen) atoms. The number of carbonyl (C=O) groups is 1. The summed E-state index contributed by atoms with van der Waals surface area (Å²) in [6.45, 7) is 0.911. The lowest BCUT2D eigenvalue weighted by molar-refractivity contribution is -0.0498. The monoisotopic (exact) mass is 310 g/mol. The van der Waals surface area contributed by atoms with E-state index in [1.807, 2.05) is 13.8 Å². The number of ether oxygens (including phenoxy) is 1. The van der Waals surface area contributed by atoms with Crippen molar-refractivity contribution in [1.82, 2.24) is 0 Å². The molecule has 0 atom stereocenters. The lowest BCUT2D eigenvalue weighted by Gasteiger charge is -2.09. The number of carbonyl (C=O) groups excluding carboxylic acids is 1. The van der Waals surface area contributed by atoms with Gasteiger partial charge in [0.05, 0.1) is 5.02 Å². The van der Waals surface area contributed by atoms with Crippen LogP contribution in [0.5, 0.6) is 5.75 Å². The standard InChI is InChI=1S/C16H13ClF2O2/c1-9-7-13(14(17)8-10(9)2)15(20)11-3-5-12(6-4-11)21-16(18)19/h3-8,16H,1-2H3. The van der Waals surface area contributed by atoms with Crippen LogP contribution in [0.1, 0.15) is 27.0 Å². The average molecular weight is 311 g/mol. The fraction of sp³-hybridized carbons (Fsp3) is 0.188. The number of ketones is 1. The maximum atomic E-state index is 12.4. The van der Waals surface area contributed by atoms with E-state index in [2.05, 4.69) is 4.74 Å². The lowest BCUT2D eigenvalue weighted by Crippen LogP contribution is -2.05. The number of hydrogen-bond acceptors (Lipinski definition) is 2. The van der Waals surface area contributed by atoms with E-state index in [9.17, 15) is 13.6 Å². The molecule has 0 aliphatic carbocycles. The Morgan fingerprint density at radius 3 is 2.24 bits per heavy atom. The Hall–Kier alpha value is -1.94. The van der Waals surface area contributed by atoms with Crippen LogP contribution < -0.4 is 4.74 Å². The molecule has 2 aromatic carbocycles. The first-order valence-corrected chi connectivity index (χ1v) is 6.62. The number of hydrogen-bond donors (Lipinski definition) is 0. The maximum absolute atomic E-state index is 12.4. The Morgan fingerprint density at radius 1 is 1.10 bits per heavy atom. The van der Waals surface area contributed by atoms with E-state index in [0.717, 1.165) is 11.1 Å². The highest BCUT2D eigenvalue weighted by Gasteiger charge is 2.14. The Labute approximate surface area is 126 Å². The van der Waals surface area contributed by atoms with Crippen LogP contribution in [0, 0.1) is 13.8 Å². The van der Waals surface area contributed by atoms with Crippen molar-refractivity contribution in [2.24, 2.45) is 0 Å². The number of aryl methyl sites for hydroxylation is 2. The molecule has 0 radical (unpaired) electrons. The molecule has 0 heterocycles. The van der Waals surface area contributed by atoms with Crippen LogP contribution in [-0.4, -0.2) is 12.4 Å². The fourth-order valence-electron chi connectivity index (χ4n) is 1.90. The molecular formula is C16H13ClF2O2. The van der Waals surface area contributed by atoms with E-state index >= 15 is 0 Å². The quantitative estimate of drug-likeness (QED) is 0.759. The summed E-state index contributed by atoms with van der Waals surface area (Å²) < 4.78 is 28.4. The van der Waals surface area contributed by atoms with Crippen LogP contribution in [-0.2, 0) is 0 Å². The van der Waals surface area contributed by atoms with E-state index in [1.165, 1.54) is 24.3 Å². The first-order valence-electron chi connectivity index (χ1n) is 6.25. The summed E-state index contributed by atoms with van der Waals surface area (Å²) in [5.41, 5.74) is 2.71. The average Bonchev–Trinajstić information content (AvgIpc) is 2.42. The van der Waals surface area contributed by atoms with E-state index in [-0.39, 0.29) is 11.5 Å². The molecule has 0 N–H and O–H groups in total. The van der Waals surface area contributed by atoms with Gasteiger partial charge in [-0.15, -0.1) is 0 Å². The molecule has 0 aromatic heterocycles. The van der Waals surface area contributed by atoms with Crippen molar-refractivity contribution in [2.75, 3.05) is 0 Å². The minimum absolute atomic E-state index is 0.00716. The van der Waals surface area contributed by atoms with Crippen LogP contribution in [0.15, 0.2) is 36.4 Å². The molecule has 0 unspecified atom stereocenters. The van der Waals surface area contributed by atoms with Gasteiger partial charge in [0.15, 0.2) is 5.78 Å². The summed E-state index contributed by atoms with van der Waals surface area (Å²) in [6.07, 6.45) is 0. The molecule has 0 fully saturated rings. The van der Waals surface area contributed by atoms with E-state index < -0.39 is 6.61 Å². The predicted octanol–water partition coefficient (Wildman–Crippen LogP) is 4.79. The van der Waals surface area contributed by atoms with Gasteiger partial charge in [0.1, 0.15) is 5.75 Å². The SMILES string of the molecule is Cc1cc(Cl)c(C(=O)c2ccc(OC(F)F)cc2)cc1C. The third kappa shape index (κ3) is 3.58. The number of benzene rings is 2. The van der Waals surface area contributed by atoms with Crippen molar-refractivity contribution in [2.45, 2.75) is 20.5 Å². The number of alkyl halides is 2. The third-order valence-corrected chi connectivity index (χ3v) is 3.48. The van der Waals surface area contributed by atoms with E-state index in [4.69, 9.17) is 11.6 Å². The second-order valence-corrected chi connectivity index (χ2v) is 5.06. The van der Waals surface area contributed by atoms with Gasteiger partial charge < -0.3 is 4.74 Å². The van der Waals surface area contributed by atoms with Gasteiger partial charge in [-0.1, -0.05) is 11.6 Å². The van der Waals surface area contributed by atoms with Gasteiger partial charge in [0.25, 0.3) is 0 Å². The van der Waals surface area contributed by atoms with Gasteiger partial charge in [-0.25, -0.2) is 0 Å². The third-order valence-electron chi connectivity index (χ3n) is 3.17. The molecule has 0 spiro atoms. The molecule has 0 amide bonds. The highest BCUT2D eigenvalue weighted by Crippen LogP contribution is 2.24. The topological polar surface area (TPSA) is 26.3 Å². The summed E-state index contributed by atoms with van der Waals surface area (Å²) in [5, 5.41) is 0.371. The molecule has 5 heteroatoms. The van der Waals surface area contributed by atoms with Crippen LogP contribution >= 0.6 is 11.6 Å². The molecule has 0 aliphatic rings. The van der Waals surface area contributed by atoms with Crippen molar-refractivity contribution in [3.63, 3.8) is 0 Å². The van der Waals surface area contributed by atoms with Crippen molar-refractivity contribution in [3.05, 3.63) is 63.7 Å². The highest BCUT2D eigenvalue weighted by molar-refractivity contribution is 6.35. The largest absolute Gasteiger partial charge is 0.435 e. The summed E-state index contributed by atoms with van der Waals surface area (Å²) in [7, 11) is 0. The minimum atomic E-state index is -2.89. The van der Waals surface area contributed by atoms with Gasteiger partial charge in [0, 0.05) is 11.1 Å². The zero-order valence-electron chi connectivity index (χ0n) is 11.5. The van der Waals surface area contributed by atoms with Crippen molar-refractivity contribution in [3.8, 4) is 5.75 Å². The molecule has 0 saturated heterocycles. The van der Waals surface area contributed by atoms with Crippen LogP contribution in [0.2, 0.25) is 5.02 Å². The van der Waals surface area contributed by atoms with E-state index in [0.29, 0.717) is 16.1 Å². The summed E-state index contributed by atoms with van der Waals surface area (Å²) >= 11 is 6.10. The predicted molar refractivity (Wildman–Crippen MR) is 77.4 cm³/mol. The maximum Gasteiger partial charge on any atom is 0.387 e. The Kier molecular flexibility index (Phi) is 4.58. The molecule has 0 saturated carbocycles. The zero-order chi connectivity index (χ0) is 15.6. The van der Waals surface area contributed by atoms with Crippen molar-refractivity contribution < 1.29 is 18.3 Å². The minimum Gasteiger partial charge on any atom is -0.435 e. The molecule has 2 rings (SSSR count). The van der Waals surface area contributed by atoms with Gasteiger partial charge in [-0.3, -0.25) is 4.79 Å². The van der Waals surface area contributed by atoms with Gasteiger partial charge in [-0.2, -0.15) is 8.78 Å². The van der Waals surface area contributed by atoms with Crippen LogP contribution in [0.4, 0.5) is 8.78 Å². The molecule has 110 valence electrons. The molecule has 2 nitrogen and oxygen atoms in total. The van der Waals surface area contributed by atoms with E-state index in [1.54, 1.807) is 12.1 Å².